The van der Waals surface area contributed by atoms with Gasteiger partial charge in [0, 0.05) is 6.20 Å². The van der Waals surface area contributed by atoms with Crippen molar-refractivity contribution in [2.24, 2.45) is 5.84 Å². The number of hydrazine groups is 1. The number of rotatable bonds is 1. The van der Waals surface area contributed by atoms with Crippen molar-refractivity contribution in [1.29, 1.82) is 0 Å². The van der Waals surface area contributed by atoms with Gasteiger partial charge in [0.05, 0.1) is 5.02 Å². The zero-order valence-electron chi connectivity index (χ0n) is 5.04. The molecule has 1 aromatic rings. The fourth-order valence-electron chi connectivity index (χ4n) is 0.461. The maximum Gasteiger partial charge on any atom is 0.139 e. The summed E-state index contributed by atoms with van der Waals surface area (Å²) < 4.78 is 0. The van der Waals surface area contributed by atoms with Gasteiger partial charge in [-0.2, -0.15) is 0 Å². The average molecular weight is 180 g/mol. The summed E-state index contributed by atoms with van der Waals surface area (Å²) in [6, 6.07) is 3.41. The lowest BCUT2D eigenvalue weighted by molar-refractivity contribution is 1.23. The monoisotopic (exact) mass is 179 g/mol. The molecule has 1 heterocycles. The highest BCUT2D eigenvalue weighted by molar-refractivity contribution is 6.30. The van der Waals surface area contributed by atoms with E-state index in [9.17, 15) is 0 Å². The molecule has 3 nitrogen and oxygen atoms in total. The van der Waals surface area contributed by atoms with Gasteiger partial charge in [-0.05, 0) is 12.1 Å². The molecule has 3 N–H and O–H groups in total. The Morgan fingerprint density at radius 1 is 1.50 bits per heavy atom. The summed E-state index contributed by atoms with van der Waals surface area (Å²) in [5.74, 6) is 5.65. The highest BCUT2D eigenvalue weighted by Crippen LogP contribution is 2.07. The number of anilines is 1. The molecule has 1 aromatic heterocycles. The van der Waals surface area contributed by atoms with E-state index >= 15 is 0 Å². The van der Waals surface area contributed by atoms with Crippen LogP contribution in [0.5, 0.6) is 0 Å². The van der Waals surface area contributed by atoms with Gasteiger partial charge in [-0.15, -0.1) is 12.4 Å². The predicted octanol–water partition coefficient (Wildman–Crippen LogP) is 1.44. The molecular weight excluding hydrogens is 173 g/mol. The molecule has 0 unspecified atom stereocenters. The lowest BCUT2D eigenvalue weighted by atomic mass is 10.5. The number of pyridine rings is 1. The Hall–Kier alpha value is -0.510. The van der Waals surface area contributed by atoms with Crippen molar-refractivity contribution < 1.29 is 0 Å². The van der Waals surface area contributed by atoms with E-state index < -0.39 is 0 Å². The van der Waals surface area contributed by atoms with E-state index in [4.69, 9.17) is 17.4 Å². The third-order valence-electron chi connectivity index (χ3n) is 0.875. The minimum absolute atomic E-state index is 0. The number of nitrogens with one attached hydrogen (secondary N) is 1. The van der Waals surface area contributed by atoms with Gasteiger partial charge in [-0.3, -0.25) is 0 Å². The molecular formula is C5H7Cl2N3. The van der Waals surface area contributed by atoms with Crippen LogP contribution in [-0.4, -0.2) is 4.98 Å². The molecule has 0 atom stereocenters. The fraction of sp³-hybridized carbons (Fsp3) is 0. The second kappa shape index (κ2) is 4.33. The summed E-state index contributed by atoms with van der Waals surface area (Å²) in [4.78, 5) is 3.83. The number of nitrogens with two attached hydrogens (primary N) is 1. The van der Waals surface area contributed by atoms with Crippen LogP contribution in [0.1, 0.15) is 0 Å². The second-order valence-corrected chi connectivity index (χ2v) is 1.94. The van der Waals surface area contributed by atoms with Crippen LogP contribution in [0.3, 0.4) is 0 Å². The van der Waals surface area contributed by atoms with Crippen molar-refractivity contribution in [1.82, 2.24) is 4.98 Å². The summed E-state index contributed by atoms with van der Waals surface area (Å²) in [6.45, 7) is 0. The van der Waals surface area contributed by atoms with Crippen LogP contribution >= 0.6 is 24.0 Å². The van der Waals surface area contributed by atoms with Gasteiger partial charge >= 0.3 is 0 Å². The van der Waals surface area contributed by atoms with E-state index in [1.54, 1.807) is 12.1 Å². The highest BCUT2D eigenvalue weighted by atomic mass is 35.5. The first kappa shape index (κ1) is 9.49. The summed E-state index contributed by atoms with van der Waals surface area (Å²) in [5.41, 5.74) is 2.38. The summed E-state index contributed by atoms with van der Waals surface area (Å²) in [6.07, 6.45) is 1.52. The first-order valence-corrected chi connectivity index (χ1v) is 2.79. The van der Waals surface area contributed by atoms with Crippen molar-refractivity contribution in [2.45, 2.75) is 0 Å². The SMILES string of the molecule is Cl.NNc1ccc(Cl)cn1. The zero-order valence-corrected chi connectivity index (χ0v) is 6.62. The van der Waals surface area contributed by atoms with E-state index in [0.29, 0.717) is 10.8 Å². The van der Waals surface area contributed by atoms with Crippen LogP contribution in [0.25, 0.3) is 0 Å². The molecule has 0 amide bonds. The van der Waals surface area contributed by atoms with Crippen molar-refractivity contribution in [2.75, 3.05) is 5.43 Å². The minimum Gasteiger partial charge on any atom is -0.308 e. The molecule has 0 aromatic carbocycles. The van der Waals surface area contributed by atoms with Gasteiger partial charge in [0.15, 0.2) is 0 Å². The summed E-state index contributed by atoms with van der Waals surface area (Å²) >= 11 is 5.54. The molecule has 10 heavy (non-hydrogen) atoms. The van der Waals surface area contributed by atoms with Gasteiger partial charge in [-0.1, -0.05) is 11.6 Å². The van der Waals surface area contributed by atoms with Gasteiger partial charge < -0.3 is 5.43 Å². The molecule has 0 saturated carbocycles. The molecule has 0 aliphatic heterocycles. The molecule has 0 saturated heterocycles. The Morgan fingerprint density at radius 2 is 2.20 bits per heavy atom. The van der Waals surface area contributed by atoms with Crippen LogP contribution in [-0.2, 0) is 0 Å². The lowest BCUT2D eigenvalue weighted by Gasteiger charge is -1.95. The van der Waals surface area contributed by atoms with E-state index in [-0.39, 0.29) is 12.4 Å². The van der Waals surface area contributed by atoms with Gasteiger partial charge in [0.25, 0.3) is 0 Å². The van der Waals surface area contributed by atoms with Crippen LogP contribution in [0.2, 0.25) is 5.02 Å². The number of nitrogen functional groups attached to an aromatic ring is 1. The molecule has 5 heteroatoms. The standard InChI is InChI=1S/C5H6ClN3.ClH/c6-4-1-2-5(9-7)8-3-4;/h1-3H,7H2,(H,8,9);1H. The molecule has 0 radical (unpaired) electrons. The highest BCUT2D eigenvalue weighted by Gasteiger charge is 1.87. The largest absolute Gasteiger partial charge is 0.308 e. The predicted molar refractivity (Wildman–Crippen MR) is 44.3 cm³/mol. The smallest absolute Gasteiger partial charge is 0.139 e. The molecule has 0 aliphatic carbocycles. The van der Waals surface area contributed by atoms with Gasteiger partial charge in [0.1, 0.15) is 5.82 Å². The van der Waals surface area contributed by atoms with Gasteiger partial charge in [-0.25, -0.2) is 10.8 Å². The second-order valence-electron chi connectivity index (χ2n) is 1.51. The van der Waals surface area contributed by atoms with E-state index in [1.807, 2.05) is 0 Å². The van der Waals surface area contributed by atoms with Crippen molar-refractivity contribution in [3.05, 3.63) is 23.4 Å². The van der Waals surface area contributed by atoms with Crippen LogP contribution in [0, 0.1) is 0 Å². The van der Waals surface area contributed by atoms with Crippen molar-refractivity contribution in [3.8, 4) is 0 Å². The van der Waals surface area contributed by atoms with Crippen LogP contribution in [0.15, 0.2) is 18.3 Å². The molecule has 0 fully saturated rings. The lowest BCUT2D eigenvalue weighted by Crippen LogP contribution is -2.07. The molecule has 0 bridgehead atoms. The van der Waals surface area contributed by atoms with Crippen molar-refractivity contribution >= 4 is 29.8 Å². The Labute approximate surface area is 70.0 Å². The third-order valence-corrected chi connectivity index (χ3v) is 1.10. The summed E-state index contributed by atoms with van der Waals surface area (Å²) in [5, 5.41) is 0.606. The van der Waals surface area contributed by atoms with Crippen LogP contribution in [0.4, 0.5) is 5.82 Å². The van der Waals surface area contributed by atoms with E-state index in [1.165, 1.54) is 6.20 Å². The Balaban J connectivity index is 0.000000810. The normalized spacial score (nSPS) is 8.20. The number of hydrogen-bond acceptors (Lipinski definition) is 3. The fourth-order valence-corrected chi connectivity index (χ4v) is 0.573. The molecule has 1 rings (SSSR count). The minimum atomic E-state index is 0. The quantitative estimate of drug-likeness (QED) is 0.507. The number of nitrogens with zero attached hydrogens (tertiary/aromatic N) is 1. The Morgan fingerprint density at radius 3 is 2.60 bits per heavy atom. The topological polar surface area (TPSA) is 50.9 Å². The first-order chi connectivity index (χ1) is 4.33. The zero-order chi connectivity index (χ0) is 6.69. The Bertz CT molecular complexity index is 187. The van der Waals surface area contributed by atoms with Crippen molar-refractivity contribution in [3.63, 3.8) is 0 Å². The van der Waals surface area contributed by atoms with Gasteiger partial charge in [0.2, 0.25) is 0 Å². The number of hydrogen-bond donors (Lipinski definition) is 2. The maximum atomic E-state index is 5.54. The molecule has 0 aliphatic rings. The van der Waals surface area contributed by atoms with Crippen LogP contribution < -0.4 is 11.3 Å². The van der Waals surface area contributed by atoms with E-state index in [0.717, 1.165) is 0 Å². The number of aromatic nitrogens is 1. The maximum absolute atomic E-state index is 5.54. The third kappa shape index (κ3) is 2.39. The molecule has 0 spiro atoms. The summed E-state index contributed by atoms with van der Waals surface area (Å²) in [7, 11) is 0. The molecule has 56 valence electrons. The first-order valence-electron chi connectivity index (χ1n) is 2.41. The van der Waals surface area contributed by atoms with E-state index in [2.05, 4.69) is 10.4 Å². The number of halogens is 2. The Kier molecular flexibility index (Phi) is 4.11. The average Bonchev–Trinajstić information content (AvgIpc) is 1.90.